The highest BCUT2D eigenvalue weighted by Gasteiger charge is 2.12. The van der Waals surface area contributed by atoms with Crippen LogP contribution in [0.4, 0.5) is 0 Å². The molecule has 0 heterocycles. The quantitative estimate of drug-likeness (QED) is 0.785. The van der Waals surface area contributed by atoms with Crippen molar-refractivity contribution in [3.8, 4) is 5.75 Å². The lowest BCUT2D eigenvalue weighted by molar-refractivity contribution is 0.0968. The van der Waals surface area contributed by atoms with E-state index in [9.17, 15) is 9.90 Å². The van der Waals surface area contributed by atoms with Gasteiger partial charge in [-0.05, 0) is 35.6 Å². The van der Waals surface area contributed by atoms with Gasteiger partial charge in [0.1, 0.15) is 5.75 Å². The van der Waals surface area contributed by atoms with Gasteiger partial charge in [-0.15, -0.1) is 0 Å². The van der Waals surface area contributed by atoms with Crippen molar-refractivity contribution in [2.45, 2.75) is 40.0 Å². The van der Waals surface area contributed by atoms with Crippen LogP contribution in [-0.4, -0.2) is 10.9 Å². The first-order valence-electron chi connectivity index (χ1n) is 5.78. The zero-order valence-electron chi connectivity index (χ0n) is 10.4. The first-order chi connectivity index (χ1) is 7.41. The van der Waals surface area contributed by atoms with Gasteiger partial charge in [-0.2, -0.15) is 0 Å². The van der Waals surface area contributed by atoms with Crippen LogP contribution in [0.25, 0.3) is 0 Å². The highest BCUT2D eigenvalue weighted by molar-refractivity contribution is 5.96. The number of aromatic hydroxyl groups is 1. The molecule has 2 heteroatoms. The summed E-state index contributed by atoms with van der Waals surface area (Å²) in [6.45, 7) is 8.07. The Balaban J connectivity index is 2.98. The summed E-state index contributed by atoms with van der Waals surface area (Å²) in [6.07, 6.45) is 0.558. The number of ketones is 1. The second-order valence-electron chi connectivity index (χ2n) is 4.95. The Morgan fingerprint density at radius 3 is 2.38 bits per heavy atom. The molecule has 0 amide bonds. The molecule has 1 rings (SSSR count). The summed E-state index contributed by atoms with van der Waals surface area (Å²) in [6, 6.07) is 5.12. The SMILES string of the molecule is CC(C)CC(=O)c1ccc(O)c(C(C)C)c1. The smallest absolute Gasteiger partial charge is 0.163 e. The van der Waals surface area contributed by atoms with E-state index >= 15 is 0 Å². The third kappa shape index (κ3) is 3.09. The maximum atomic E-state index is 11.9. The molecule has 1 aromatic rings. The van der Waals surface area contributed by atoms with Crippen molar-refractivity contribution in [1.29, 1.82) is 0 Å². The second kappa shape index (κ2) is 5.15. The zero-order valence-corrected chi connectivity index (χ0v) is 10.4. The molecule has 2 nitrogen and oxygen atoms in total. The van der Waals surface area contributed by atoms with Crippen LogP contribution in [0, 0.1) is 5.92 Å². The molecule has 1 aromatic carbocycles. The van der Waals surface area contributed by atoms with Crippen molar-refractivity contribution >= 4 is 5.78 Å². The fourth-order valence-electron chi connectivity index (χ4n) is 1.68. The van der Waals surface area contributed by atoms with E-state index in [1.807, 2.05) is 33.8 Å². The molecule has 0 unspecified atom stereocenters. The van der Waals surface area contributed by atoms with Crippen molar-refractivity contribution in [3.63, 3.8) is 0 Å². The van der Waals surface area contributed by atoms with Gasteiger partial charge in [0, 0.05) is 12.0 Å². The van der Waals surface area contributed by atoms with Gasteiger partial charge in [0.15, 0.2) is 5.78 Å². The topological polar surface area (TPSA) is 37.3 Å². The predicted molar refractivity (Wildman–Crippen MR) is 66.0 cm³/mol. The average molecular weight is 220 g/mol. The first-order valence-corrected chi connectivity index (χ1v) is 5.78. The molecule has 0 aliphatic rings. The van der Waals surface area contributed by atoms with E-state index in [0.717, 1.165) is 5.56 Å². The highest BCUT2D eigenvalue weighted by Crippen LogP contribution is 2.26. The standard InChI is InChI=1S/C14H20O2/c1-9(2)7-14(16)11-5-6-13(15)12(8-11)10(3)4/h5-6,8-10,15H,7H2,1-4H3. The summed E-state index contributed by atoms with van der Waals surface area (Å²) in [5.41, 5.74) is 1.55. The number of phenols is 1. The van der Waals surface area contributed by atoms with Gasteiger partial charge in [-0.3, -0.25) is 4.79 Å². The number of rotatable bonds is 4. The van der Waals surface area contributed by atoms with Crippen molar-refractivity contribution < 1.29 is 9.90 Å². The number of carbonyl (C=O) groups is 1. The molecule has 0 saturated carbocycles. The van der Waals surface area contributed by atoms with Crippen LogP contribution >= 0.6 is 0 Å². The van der Waals surface area contributed by atoms with Crippen LogP contribution in [0.1, 0.15) is 56.0 Å². The number of hydrogen-bond acceptors (Lipinski definition) is 2. The number of phenolic OH excluding ortho intramolecular Hbond substituents is 1. The average Bonchev–Trinajstić information content (AvgIpc) is 2.16. The molecule has 0 aliphatic carbocycles. The molecule has 0 aromatic heterocycles. The minimum atomic E-state index is 0.150. The lowest BCUT2D eigenvalue weighted by Crippen LogP contribution is -2.04. The van der Waals surface area contributed by atoms with E-state index in [-0.39, 0.29) is 17.5 Å². The number of carbonyl (C=O) groups excluding carboxylic acids is 1. The van der Waals surface area contributed by atoms with Crippen LogP contribution in [0.2, 0.25) is 0 Å². The van der Waals surface area contributed by atoms with Crippen molar-refractivity contribution in [2.24, 2.45) is 5.92 Å². The minimum absolute atomic E-state index is 0.150. The summed E-state index contributed by atoms with van der Waals surface area (Å²) in [5, 5.41) is 9.66. The largest absolute Gasteiger partial charge is 0.508 e. The van der Waals surface area contributed by atoms with Gasteiger partial charge in [0.2, 0.25) is 0 Å². The molecule has 0 radical (unpaired) electrons. The van der Waals surface area contributed by atoms with Gasteiger partial charge in [-0.1, -0.05) is 27.7 Å². The van der Waals surface area contributed by atoms with Gasteiger partial charge < -0.3 is 5.11 Å². The molecule has 0 spiro atoms. The van der Waals surface area contributed by atoms with E-state index in [2.05, 4.69) is 0 Å². The van der Waals surface area contributed by atoms with E-state index in [4.69, 9.17) is 0 Å². The second-order valence-corrected chi connectivity index (χ2v) is 4.95. The Bertz CT molecular complexity index is 378. The van der Waals surface area contributed by atoms with E-state index in [0.29, 0.717) is 17.9 Å². The molecule has 0 atom stereocenters. The molecular weight excluding hydrogens is 200 g/mol. The maximum absolute atomic E-state index is 11.9. The van der Waals surface area contributed by atoms with Crippen LogP contribution in [0.3, 0.4) is 0 Å². The Hall–Kier alpha value is -1.31. The Labute approximate surface area is 97.3 Å². The summed E-state index contributed by atoms with van der Waals surface area (Å²) in [7, 11) is 0. The molecule has 88 valence electrons. The number of hydrogen-bond donors (Lipinski definition) is 1. The number of Topliss-reactive ketones (excluding diaryl/α,β-unsaturated/α-hetero) is 1. The maximum Gasteiger partial charge on any atom is 0.163 e. The van der Waals surface area contributed by atoms with E-state index in [1.165, 1.54) is 0 Å². The third-order valence-electron chi connectivity index (χ3n) is 2.57. The van der Waals surface area contributed by atoms with E-state index < -0.39 is 0 Å². The summed E-state index contributed by atoms with van der Waals surface area (Å²) in [4.78, 5) is 11.9. The highest BCUT2D eigenvalue weighted by atomic mass is 16.3. The van der Waals surface area contributed by atoms with Crippen LogP contribution < -0.4 is 0 Å². The molecule has 16 heavy (non-hydrogen) atoms. The number of benzene rings is 1. The Kier molecular flexibility index (Phi) is 4.11. The Morgan fingerprint density at radius 2 is 1.88 bits per heavy atom. The van der Waals surface area contributed by atoms with Crippen molar-refractivity contribution in [1.82, 2.24) is 0 Å². The van der Waals surface area contributed by atoms with E-state index in [1.54, 1.807) is 12.1 Å². The van der Waals surface area contributed by atoms with Crippen molar-refractivity contribution in [3.05, 3.63) is 29.3 Å². The molecule has 0 saturated heterocycles. The molecular formula is C14H20O2. The fourth-order valence-corrected chi connectivity index (χ4v) is 1.68. The molecule has 0 aliphatic heterocycles. The van der Waals surface area contributed by atoms with Gasteiger partial charge in [0.25, 0.3) is 0 Å². The summed E-state index contributed by atoms with van der Waals surface area (Å²) in [5.74, 6) is 1.02. The monoisotopic (exact) mass is 220 g/mol. The zero-order chi connectivity index (χ0) is 12.3. The molecule has 0 bridgehead atoms. The Morgan fingerprint density at radius 1 is 1.25 bits per heavy atom. The van der Waals surface area contributed by atoms with Crippen LogP contribution in [0.15, 0.2) is 18.2 Å². The molecule has 0 fully saturated rings. The third-order valence-corrected chi connectivity index (χ3v) is 2.57. The fraction of sp³-hybridized carbons (Fsp3) is 0.500. The summed E-state index contributed by atoms with van der Waals surface area (Å²) < 4.78 is 0. The minimum Gasteiger partial charge on any atom is -0.508 e. The van der Waals surface area contributed by atoms with Crippen LogP contribution in [0.5, 0.6) is 5.75 Å². The normalized spacial score (nSPS) is 11.1. The van der Waals surface area contributed by atoms with Gasteiger partial charge in [-0.25, -0.2) is 0 Å². The van der Waals surface area contributed by atoms with Crippen molar-refractivity contribution in [2.75, 3.05) is 0 Å². The predicted octanol–water partition coefficient (Wildman–Crippen LogP) is 3.74. The lowest BCUT2D eigenvalue weighted by Gasteiger charge is -2.10. The first kappa shape index (κ1) is 12.8. The van der Waals surface area contributed by atoms with Gasteiger partial charge >= 0.3 is 0 Å². The molecule has 1 N–H and O–H groups in total. The lowest BCUT2D eigenvalue weighted by atomic mass is 9.95. The van der Waals surface area contributed by atoms with Gasteiger partial charge in [0.05, 0.1) is 0 Å². The van der Waals surface area contributed by atoms with Crippen LogP contribution in [-0.2, 0) is 0 Å². The summed E-state index contributed by atoms with van der Waals surface area (Å²) >= 11 is 0.